The standard InChI is InChI=1S/C68H41NO2/c1-2-20-46-44(18-1)45-19-3-4-21-47(45)52-40-42(36-38-48(46)52)69(43-37-39-50-49-22-5-7-24-53(49)68(60(50)41-43)57-28-11-15-34-64(57)71-65-35-16-12-29-58(65)68)61-31-17-30-59-66(61)51-23-6-8-25-54(51)67(59)55-26-9-13-32-62(55)70-63-33-14-10-27-56(63)67/h1-41H. The van der Waals surface area contributed by atoms with Gasteiger partial charge < -0.3 is 14.4 Å². The van der Waals surface area contributed by atoms with Gasteiger partial charge in [0.25, 0.3) is 0 Å². The normalized spacial score (nSPS) is 14.4. The van der Waals surface area contributed by atoms with Crippen molar-refractivity contribution in [2.75, 3.05) is 4.90 Å². The molecule has 2 aliphatic carbocycles. The van der Waals surface area contributed by atoms with Crippen molar-refractivity contribution >= 4 is 49.4 Å². The molecule has 12 aromatic carbocycles. The van der Waals surface area contributed by atoms with Crippen LogP contribution in [-0.2, 0) is 10.8 Å². The maximum atomic E-state index is 6.79. The fraction of sp³-hybridized carbons (Fsp3) is 0.0294. The summed E-state index contributed by atoms with van der Waals surface area (Å²) in [6, 6.07) is 91.6. The van der Waals surface area contributed by atoms with Gasteiger partial charge in [-0.3, -0.25) is 0 Å². The first kappa shape index (κ1) is 38.8. The number of para-hydroxylation sites is 4. The largest absolute Gasteiger partial charge is 0.457 e. The number of ether oxygens (including phenoxy) is 2. The summed E-state index contributed by atoms with van der Waals surface area (Å²) in [5.41, 5.74) is 16.4. The second kappa shape index (κ2) is 14.2. The third-order valence-corrected chi connectivity index (χ3v) is 16.2. The molecule has 4 aliphatic rings. The molecule has 0 bridgehead atoms. The molecule has 3 heteroatoms. The lowest BCUT2D eigenvalue weighted by Gasteiger charge is -2.40. The van der Waals surface area contributed by atoms with E-state index in [-0.39, 0.29) is 0 Å². The highest BCUT2D eigenvalue weighted by Gasteiger charge is 2.53. The third-order valence-electron chi connectivity index (χ3n) is 16.2. The van der Waals surface area contributed by atoms with Crippen molar-refractivity contribution in [1.82, 2.24) is 0 Å². The van der Waals surface area contributed by atoms with Crippen LogP contribution in [0.5, 0.6) is 23.0 Å². The minimum absolute atomic E-state index is 0.628. The zero-order valence-electron chi connectivity index (χ0n) is 38.4. The van der Waals surface area contributed by atoms with Crippen molar-refractivity contribution in [3.63, 3.8) is 0 Å². The zero-order valence-corrected chi connectivity index (χ0v) is 38.4. The van der Waals surface area contributed by atoms with Crippen LogP contribution in [0.3, 0.4) is 0 Å². The molecule has 0 fully saturated rings. The third kappa shape index (κ3) is 4.92. The van der Waals surface area contributed by atoms with Gasteiger partial charge in [-0.2, -0.15) is 0 Å². The van der Waals surface area contributed by atoms with Crippen molar-refractivity contribution < 1.29 is 9.47 Å². The number of hydrogen-bond donors (Lipinski definition) is 0. The average molecular weight is 904 g/mol. The highest BCUT2D eigenvalue weighted by atomic mass is 16.5. The molecule has 3 nitrogen and oxygen atoms in total. The molecule has 71 heavy (non-hydrogen) atoms. The van der Waals surface area contributed by atoms with E-state index in [4.69, 9.17) is 9.47 Å². The van der Waals surface area contributed by atoms with Gasteiger partial charge in [0, 0.05) is 39.2 Å². The Morgan fingerprint density at radius 3 is 1.20 bits per heavy atom. The van der Waals surface area contributed by atoms with Crippen LogP contribution < -0.4 is 14.4 Å². The lowest BCUT2D eigenvalue weighted by atomic mass is 9.66. The second-order valence-corrected chi connectivity index (χ2v) is 19.4. The number of nitrogens with zero attached hydrogens (tertiary/aromatic N) is 1. The number of hydrogen-bond acceptors (Lipinski definition) is 3. The summed E-state index contributed by atoms with van der Waals surface area (Å²) >= 11 is 0. The van der Waals surface area contributed by atoms with Gasteiger partial charge in [0.2, 0.25) is 0 Å². The van der Waals surface area contributed by atoms with Crippen LogP contribution in [0.4, 0.5) is 17.1 Å². The van der Waals surface area contributed by atoms with Gasteiger partial charge in [-0.25, -0.2) is 0 Å². The molecule has 0 atom stereocenters. The fourth-order valence-electron chi connectivity index (χ4n) is 13.5. The van der Waals surface area contributed by atoms with Crippen LogP contribution in [0.1, 0.15) is 44.5 Å². The molecule has 2 aliphatic heterocycles. The number of fused-ring (bicyclic) bond motifs is 24. The first-order valence-corrected chi connectivity index (χ1v) is 24.6. The number of benzene rings is 12. The van der Waals surface area contributed by atoms with Crippen molar-refractivity contribution in [1.29, 1.82) is 0 Å². The van der Waals surface area contributed by atoms with Crippen molar-refractivity contribution in [2.45, 2.75) is 10.8 Å². The molecule has 0 unspecified atom stereocenters. The van der Waals surface area contributed by atoms with Crippen LogP contribution in [0, 0.1) is 0 Å². The van der Waals surface area contributed by atoms with Gasteiger partial charge in [0.05, 0.1) is 16.5 Å². The Bertz CT molecular complexity index is 4150. The summed E-state index contributed by atoms with van der Waals surface area (Å²) in [5.74, 6) is 3.52. The Balaban J connectivity index is 1.03. The molecule has 330 valence electrons. The molecule has 12 aromatic rings. The SMILES string of the molecule is c1ccc2c(c1)Oc1ccccc1C21c2ccccc2-c2ccc(N(c3ccc4c5ccccc5c5ccccc5c4c3)c3cccc4c3-c3ccccc3C43c4ccccc4Oc4ccccc43)cc21. The Labute approximate surface area is 411 Å². The maximum Gasteiger partial charge on any atom is 0.132 e. The van der Waals surface area contributed by atoms with Gasteiger partial charge in [-0.1, -0.05) is 194 Å². The molecule has 0 N–H and O–H groups in total. The first-order valence-electron chi connectivity index (χ1n) is 24.6. The van der Waals surface area contributed by atoms with Gasteiger partial charge in [-0.05, 0) is 126 Å². The molecular weight excluding hydrogens is 863 g/mol. The maximum absolute atomic E-state index is 6.79. The van der Waals surface area contributed by atoms with Crippen LogP contribution >= 0.6 is 0 Å². The molecule has 0 amide bonds. The number of rotatable bonds is 3. The molecule has 0 saturated carbocycles. The van der Waals surface area contributed by atoms with Gasteiger partial charge in [0.15, 0.2) is 0 Å². The van der Waals surface area contributed by atoms with Crippen LogP contribution in [0.25, 0.3) is 54.6 Å². The van der Waals surface area contributed by atoms with E-state index in [0.717, 1.165) is 62.3 Å². The summed E-state index contributed by atoms with van der Waals surface area (Å²) in [7, 11) is 0. The Morgan fingerprint density at radius 2 is 0.634 bits per heavy atom. The zero-order chi connectivity index (χ0) is 46.4. The summed E-state index contributed by atoms with van der Waals surface area (Å²) in [6.45, 7) is 0. The van der Waals surface area contributed by atoms with Crippen LogP contribution in [0.15, 0.2) is 249 Å². The predicted octanol–water partition coefficient (Wildman–Crippen LogP) is 17.6. The van der Waals surface area contributed by atoms with Gasteiger partial charge in [0.1, 0.15) is 23.0 Å². The van der Waals surface area contributed by atoms with Crippen molar-refractivity contribution in [3.8, 4) is 45.3 Å². The van der Waals surface area contributed by atoms with Crippen molar-refractivity contribution in [2.24, 2.45) is 0 Å². The Kier molecular flexibility index (Phi) is 7.75. The molecule has 0 saturated heterocycles. The van der Waals surface area contributed by atoms with E-state index in [1.54, 1.807) is 0 Å². The van der Waals surface area contributed by atoms with Crippen LogP contribution in [-0.4, -0.2) is 0 Å². The molecule has 0 aromatic heterocycles. The monoisotopic (exact) mass is 903 g/mol. The molecular formula is C68H41NO2. The fourth-order valence-corrected chi connectivity index (χ4v) is 13.5. The topological polar surface area (TPSA) is 21.7 Å². The van der Waals surface area contributed by atoms with E-state index in [1.807, 2.05) is 0 Å². The summed E-state index contributed by atoms with van der Waals surface area (Å²) in [4.78, 5) is 2.54. The van der Waals surface area contributed by atoms with Gasteiger partial charge >= 0.3 is 0 Å². The molecule has 16 rings (SSSR count). The van der Waals surface area contributed by atoms with E-state index >= 15 is 0 Å². The van der Waals surface area contributed by atoms with Crippen molar-refractivity contribution in [3.05, 3.63) is 293 Å². The minimum Gasteiger partial charge on any atom is -0.457 e. The van der Waals surface area contributed by atoms with E-state index in [1.165, 1.54) is 76.8 Å². The summed E-state index contributed by atoms with van der Waals surface area (Å²) in [5, 5.41) is 7.46. The highest BCUT2D eigenvalue weighted by molar-refractivity contribution is 6.26. The Hall–Kier alpha value is -9.18. The average Bonchev–Trinajstić information content (AvgIpc) is 3.89. The minimum atomic E-state index is -0.637. The van der Waals surface area contributed by atoms with E-state index in [2.05, 4.69) is 254 Å². The van der Waals surface area contributed by atoms with Crippen LogP contribution in [0.2, 0.25) is 0 Å². The molecule has 0 radical (unpaired) electrons. The first-order chi connectivity index (χ1) is 35.2. The van der Waals surface area contributed by atoms with Gasteiger partial charge in [-0.15, -0.1) is 0 Å². The predicted molar refractivity (Wildman–Crippen MR) is 288 cm³/mol. The van der Waals surface area contributed by atoms with E-state index in [9.17, 15) is 0 Å². The van der Waals surface area contributed by atoms with E-state index in [0.29, 0.717) is 0 Å². The molecule has 2 spiro atoms. The second-order valence-electron chi connectivity index (χ2n) is 19.4. The molecule has 2 heterocycles. The quantitative estimate of drug-likeness (QED) is 0.165. The lowest BCUT2D eigenvalue weighted by Crippen LogP contribution is -2.32. The Morgan fingerprint density at radius 1 is 0.254 bits per heavy atom. The lowest BCUT2D eigenvalue weighted by molar-refractivity contribution is 0.436. The smallest absolute Gasteiger partial charge is 0.132 e. The van der Waals surface area contributed by atoms with E-state index < -0.39 is 10.8 Å². The summed E-state index contributed by atoms with van der Waals surface area (Å²) in [6.07, 6.45) is 0. The highest BCUT2D eigenvalue weighted by Crippen LogP contribution is 2.66. The number of anilines is 3. The summed E-state index contributed by atoms with van der Waals surface area (Å²) < 4.78 is 13.6.